The zero-order valence-electron chi connectivity index (χ0n) is 11.7. The molecule has 0 atom stereocenters. The van der Waals surface area contributed by atoms with Gasteiger partial charge in [0, 0.05) is 28.7 Å². The lowest BCUT2D eigenvalue weighted by Crippen LogP contribution is -1.94. The highest BCUT2D eigenvalue weighted by Crippen LogP contribution is 2.35. The van der Waals surface area contributed by atoms with E-state index < -0.39 is 0 Å². The quantitative estimate of drug-likeness (QED) is 0.536. The Morgan fingerprint density at radius 3 is 2.62 bits per heavy atom. The van der Waals surface area contributed by atoms with Crippen molar-refractivity contribution in [3.63, 3.8) is 0 Å². The number of fused-ring (bicyclic) bond motifs is 3. The first kappa shape index (κ1) is 12.1. The molecule has 0 aliphatic rings. The lowest BCUT2D eigenvalue weighted by atomic mass is 10.0. The van der Waals surface area contributed by atoms with Crippen molar-refractivity contribution in [3.05, 3.63) is 60.6 Å². The smallest absolute Gasteiger partial charge is 0.144 e. The summed E-state index contributed by atoms with van der Waals surface area (Å²) in [6, 6.07) is 14.3. The van der Waals surface area contributed by atoms with E-state index in [1.54, 1.807) is 12.4 Å². The van der Waals surface area contributed by atoms with Crippen molar-refractivity contribution < 1.29 is 4.42 Å². The molecule has 0 bridgehead atoms. The SMILES string of the molecule is CCc1nccnc1-c1cccc2c1oc1ccccc12. The van der Waals surface area contributed by atoms with Gasteiger partial charge in [-0.15, -0.1) is 0 Å². The maximum Gasteiger partial charge on any atom is 0.144 e. The Bertz CT molecular complexity index is 940. The van der Waals surface area contributed by atoms with E-state index in [0.29, 0.717) is 0 Å². The van der Waals surface area contributed by atoms with E-state index in [0.717, 1.165) is 45.3 Å². The lowest BCUT2D eigenvalue weighted by molar-refractivity contribution is 0.669. The molecule has 3 heteroatoms. The van der Waals surface area contributed by atoms with Crippen LogP contribution in [0.5, 0.6) is 0 Å². The lowest BCUT2D eigenvalue weighted by Gasteiger charge is -2.05. The van der Waals surface area contributed by atoms with Crippen LogP contribution in [0.4, 0.5) is 0 Å². The van der Waals surface area contributed by atoms with Crippen LogP contribution in [0.15, 0.2) is 59.3 Å². The Kier molecular flexibility index (Phi) is 2.71. The van der Waals surface area contributed by atoms with E-state index in [4.69, 9.17) is 4.42 Å². The number of hydrogen-bond acceptors (Lipinski definition) is 3. The summed E-state index contributed by atoms with van der Waals surface area (Å²) in [6.45, 7) is 2.09. The molecule has 0 aliphatic carbocycles. The van der Waals surface area contributed by atoms with Crippen molar-refractivity contribution in [2.75, 3.05) is 0 Å². The van der Waals surface area contributed by atoms with E-state index in [-0.39, 0.29) is 0 Å². The topological polar surface area (TPSA) is 38.9 Å². The van der Waals surface area contributed by atoms with Crippen LogP contribution in [-0.4, -0.2) is 9.97 Å². The van der Waals surface area contributed by atoms with Gasteiger partial charge in [0.15, 0.2) is 0 Å². The average Bonchev–Trinajstić information content (AvgIpc) is 2.93. The molecule has 0 unspecified atom stereocenters. The van der Waals surface area contributed by atoms with Crippen molar-refractivity contribution >= 4 is 21.9 Å². The van der Waals surface area contributed by atoms with Gasteiger partial charge in [0.25, 0.3) is 0 Å². The van der Waals surface area contributed by atoms with Crippen LogP contribution in [-0.2, 0) is 6.42 Å². The molecule has 0 amide bonds. The highest BCUT2D eigenvalue weighted by atomic mass is 16.3. The van der Waals surface area contributed by atoms with E-state index in [9.17, 15) is 0 Å². The zero-order valence-corrected chi connectivity index (χ0v) is 11.7. The largest absolute Gasteiger partial charge is 0.455 e. The minimum atomic E-state index is 0.847. The Morgan fingerprint density at radius 1 is 0.905 bits per heavy atom. The number of benzene rings is 2. The molecular weight excluding hydrogens is 260 g/mol. The Labute approximate surface area is 122 Å². The summed E-state index contributed by atoms with van der Waals surface area (Å²) in [7, 11) is 0. The molecule has 2 heterocycles. The van der Waals surface area contributed by atoms with Crippen LogP contribution in [0.2, 0.25) is 0 Å². The van der Waals surface area contributed by atoms with Gasteiger partial charge in [0.2, 0.25) is 0 Å². The Morgan fingerprint density at radius 2 is 1.71 bits per heavy atom. The monoisotopic (exact) mass is 274 g/mol. The minimum absolute atomic E-state index is 0.847. The van der Waals surface area contributed by atoms with E-state index in [1.807, 2.05) is 30.3 Å². The maximum atomic E-state index is 6.07. The standard InChI is InChI=1S/C18H14N2O/c1-2-15-17(20-11-10-19-15)14-8-5-7-13-12-6-3-4-9-16(12)21-18(13)14/h3-11H,2H2,1H3. The third-order valence-corrected chi connectivity index (χ3v) is 3.77. The maximum absolute atomic E-state index is 6.07. The number of rotatable bonds is 2. The number of hydrogen-bond donors (Lipinski definition) is 0. The van der Waals surface area contributed by atoms with Gasteiger partial charge < -0.3 is 4.42 Å². The van der Waals surface area contributed by atoms with Crippen LogP contribution in [0.25, 0.3) is 33.2 Å². The van der Waals surface area contributed by atoms with Crippen molar-refractivity contribution in [2.45, 2.75) is 13.3 Å². The number of aryl methyl sites for hydroxylation is 1. The zero-order chi connectivity index (χ0) is 14.2. The van der Waals surface area contributed by atoms with Gasteiger partial charge in [0.1, 0.15) is 11.2 Å². The van der Waals surface area contributed by atoms with Gasteiger partial charge in [-0.05, 0) is 18.6 Å². The fourth-order valence-corrected chi connectivity index (χ4v) is 2.78. The van der Waals surface area contributed by atoms with Gasteiger partial charge in [0.05, 0.1) is 11.4 Å². The molecule has 0 aliphatic heterocycles. The first-order valence-corrected chi connectivity index (χ1v) is 7.09. The molecule has 0 fully saturated rings. The molecule has 21 heavy (non-hydrogen) atoms. The van der Waals surface area contributed by atoms with Crippen molar-refractivity contribution in [2.24, 2.45) is 0 Å². The summed E-state index contributed by atoms with van der Waals surface area (Å²) in [6.07, 6.45) is 4.32. The minimum Gasteiger partial charge on any atom is -0.455 e. The molecular formula is C18H14N2O. The van der Waals surface area contributed by atoms with E-state index >= 15 is 0 Å². The molecule has 0 saturated heterocycles. The van der Waals surface area contributed by atoms with Crippen molar-refractivity contribution in [1.29, 1.82) is 0 Å². The molecule has 0 spiro atoms. The van der Waals surface area contributed by atoms with Crippen LogP contribution < -0.4 is 0 Å². The molecule has 0 N–H and O–H groups in total. The summed E-state index contributed by atoms with van der Waals surface area (Å²) >= 11 is 0. The van der Waals surface area contributed by atoms with Crippen LogP contribution in [0.1, 0.15) is 12.6 Å². The summed E-state index contributed by atoms with van der Waals surface area (Å²) in [4.78, 5) is 8.95. The van der Waals surface area contributed by atoms with Crippen LogP contribution in [0, 0.1) is 0 Å². The van der Waals surface area contributed by atoms with Crippen LogP contribution in [0.3, 0.4) is 0 Å². The fourth-order valence-electron chi connectivity index (χ4n) is 2.78. The average molecular weight is 274 g/mol. The molecule has 0 radical (unpaired) electrons. The third kappa shape index (κ3) is 1.82. The second-order valence-electron chi connectivity index (χ2n) is 4.99. The van der Waals surface area contributed by atoms with Crippen molar-refractivity contribution in [3.8, 4) is 11.3 Å². The number of para-hydroxylation sites is 2. The summed E-state index contributed by atoms with van der Waals surface area (Å²) < 4.78 is 6.07. The predicted molar refractivity (Wildman–Crippen MR) is 84.1 cm³/mol. The third-order valence-electron chi connectivity index (χ3n) is 3.77. The molecule has 2 aromatic heterocycles. The summed E-state index contributed by atoms with van der Waals surface area (Å²) in [5.41, 5.74) is 4.69. The summed E-state index contributed by atoms with van der Waals surface area (Å²) in [5.74, 6) is 0. The molecule has 102 valence electrons. The van der Waals surface area contributed by atoms with Gasteiger partial charge >= 0.3 is 0 Å². The highest BCUT2D eigenvalue weighted by Gasteiger charge is 2.14. The molecule has 4 aromatic rings. The van der Waals surface area contributed by atoms with Crippen molar-refractivity contribution in [1.82, 2.24) is 9.97 Å². The second kappa shape index (κ2) is 4.70. The Balaban J connectivity index is 2.10. The molecule has 4 rings (SSSR count). The fraction of sp³-hybridized carbons (Fsp3) is 0.111. The number of furan rings is 1. The second-order valence-corrected chi connectivity index (χ2v) is 4.99. The van der Waals surface area contributed by atoms with E-state index in [1.165, 1.54) is 0 Å². The first-order valence-electron chi connectivity index (χ1n) is 7.09. The van der Waals surface area contributed by atoms with Crippen LogP contribution >= 0.6 is 0 Å². The van der Waals surface area contributed by atoms with Gasteiger partial charge in [-0.25, -0.2) is 0 Å². The normalized spacial score (nSPS) is 11.3. The van der Waals surface area contributed by atoms with Gasteiger partial charge in [-0.1, -0.05) is 37.3 Å². The molecule has 0 saturated carbocycles. The van der Waals surface area contributed by atoms with Gasteiger partial charge in [-0.2, -0.15) is 0 Å². The van der Waals surface area contributed by atoms with Gasteiger partial charge in [-0.3, -0.25) is 9.97 Å². The Hall–Kier alpha value is -2.68. The predicted octanol–water partition coefficient (Wildman–Crippen LogP) is 4.61. The van der Waals surface area contributed by atoms with E-state index in [2.05, 4.69) is 29.0 Å². The molecule has 2 aromatic carbocycles. The highest BCUT2D eigenvalue weighted by molar-refractivity contribution is 6.09. The number of aromatic nitrogens is 2. The number of nitrogens with zero attached hydrogens (tertiary/aromatic N) is 2. The molecule has 3 nitrogen and oxygen atoms in total. The first-order chi connectivity index (χ1) is 10.4. The summed E-state index contributed by atoms with van der Waals surface area (Å²) in [5, 5.41) is 2.26.